The Kier molecular flexibility index (Phi) is 7.32. The summed E-state index contributed by atoms with van der Waals surface area (Å²) >= 11 is 0. The number of nitrogens with one attached hydrogen (secondary N) is 2. The van der Waals surface area contributed by atoms with E-state index in [1.165, 1.54) is 12.1 Å². The van der Waals surface area contributed by atoms with Crippen LogP contribution in [0.5, 0.6) is 11.5 Å². The van der Waals surface area contributed by atoms with Gasteiger partial charge in [-0.25, -0.2) is 9.37 Å². The van der Waals surface area contributed by atoms with E-state index in [0.29, 0.717) is 11.7 Å². The number of nitrogens with zero attached hydrogens (tertiary/aromatic N) is 3. The first kappa shape index (κ1) is 24.3. The lowest BCUT2D eigenvalue weighted by Gasteiger charge is -2.42. The zero-order chi connectivity index (χ0) is 24.3. The summed E-state index contributed by atoms with van der Waals surface area (Å²) in [6.07, 6.45) is 5.16. The van der Waals surface area contributed by atoms with E-state index in [4.69, 9.17) is 9.84 Å². The van der Waals surface area contributed by atoms with E-state index in [1.54, 1.807) is 6.07 Å². The molecule has 2 aromatic rings. The van der Waals surface area contributed by atoms with Crippen molar-refractivity contribution < 1.29 is 27.8 Å². The number of benzene rings is 1. The maximum Gasteiger partial charge on any atom is 0.387 e. The predicted octanol–water partition coefficient (Wildman–Crippen LogP) is 4.15. The second-order valence-electron chi connectivity index (χ2n) is 9.19. The number of ether oxygens (including phenoxy) is 2. The molecule has 3 N–H and O–H groups in total. The van der Waals surface area contributed by atoms with Crippen LogP contribution in [0.15, 0.2) is 24.4 Å². The number of hydrogen-bond donors (Lipinski definition) is 3. The average molecular weight is 482 g/mol. The van der Waals surface area contributed by atoms with Crippen molar-refractivity contribution in [1.82, 2.24) is 14.9 Å². The maximum atomic E-state index is 14.5. The van der Waals surface area contributed by atoms with Crippen molar-refractivity contribution in [1.29, 1.82) is 0 Å². The van der Waals surface area contributed by atoms with Gasteiger partial charge in [0.1, 0.15) is 6.61 Å². The molecule has 0 spiro atoms. The van der Waals surface area contributed by atoms with Gasteiger partial charge in [-0.05, 0) is 51.7 Å². The van der Waals surface area contributed by atoms with E-state index >= 15 is 0 Å². The number of fused-ring (bicyclic) bond motifs is 1. The Morgan fingerprint density at radius 1 is 1.26 bits per heavy atom. The molecule has 3 heterocycles. The molecule has 0 aliphatic carbocycles. The maximum absolute atomic E-state index is 14.5. The summed E-state index contributed by atoms with van der Waals surface area (Å²) in [5, 5.41) is 15.0. The summed E-state index contributed by atoms with van der Waals surface area (Å²) in [5.74, 6) is -0.506. The minimum absolute atomic E-state index is 0.0590. The van der Waals surface area contributed by atoms with Crippen molar-refractivity contribution in [2.75, 3.05) is 30.4 Å². The molecule has 2 atom stereocenters. The molecule has 0 saturated carbocycles. The highest BCUT2D eigenvalue weighted by molar-refractivity contribution is 5.60. The van der Waals surface area contributed by atoms with Crippen molar-refractivity contribution in [3.63, 3.8) is 0 Å². The third-order valence-corrected chi connectivity index (χ3v) is 6.43. The van der Waals surface area contributed by atoms with Gasteiger partial charge in [-0.2, -0.15) is 13.8 Å². The summed E-state index contributed by atoms with van der Waals surface area (Å²) in [7, 11) is 0. The molecule has 0 bridgehead atoms. The highest BCUT2D eigenvalue weighted by Gasteiger charge is 2.42. The highest BCUT2D eigenvalue weighted by atomic mass is 19.3. The fourth-order valence-corrected chi connectivity index (χ4v) is 4.82. The van der Waals surface area contributed by atoms with Crippen LogP contribution in [0.1, 0.15) is 39.5 Å². The molecule has 4 rings (SSSR count). The monoisotopic (exact) mass is 481 g/mol. The van der Waals surface area contributed by atoms with Gasteiger partial charge in [0.2, 0.25) is 5.95 Å². The molecule has 1 aromatic heterocycles. The molecular weight excluding hydrogens is 451 g/mol. The number of aliphatic hydroxyl groups is 1. The van der Waals surface area contributed by atoms with Gasteiger partial charge in [0.25, 0.3) is 0 Å². The zero-order valence-corrected chi connectivity index (χ0v) is 19.2. The molecular formula is C23H30F3N5O3. The van der Waals surface area contributed by atoms with Crippen LogP contribution in [-0.4, -0.2) is 64.0 Å². The van der Waals surface area contributed by atoms with Crippen LogP contribution in [0.25, 0.3) is 0 Å². The number of aliphatic hydroxyl groups excluding tert-OH is 1. The van der Waals surface area contributed by atoms with E-state index in [-0.39, 0.29) is 48.1 Å². The zero-order valence-electron chi connectivity index (χ0n) is 19.2. The summed E-state index contributed by atoms with van der Waals surface area (Å²) in [5.41, 5.74) is 0.560. The number of halogens is 3. The molecule has 0 radical (unpaired) electrons. The number of anilines is 3. The fourth-order valence-electron chi connectivity index (χ4n) is 4.82. The third-order valence-electron chi connectivity index (χ3n) is 6.43. The number of piperidine rings is 1. The lowest BCUT2D eigenvalue weighted by Crippen LogP contribution is -2.50. The molecule has 186 valence electrons. The van der Waals surface area contributed by atoms with E-state index in [9.17, 15) is 13.2 Å². The summed E-state index contributed by atoms with van der Waals surface area (Å²) in [4.78, 5) is 10.8. The first-order valence-corrected chi connectivity index (χ1v) is 11.4. The van der Waals surface area contributed by atoms with E-state index < -0.39 is 12.4 Å². The second-order valence-corrected chi connectivity index (χ2v) is 9.19. The molecule has 0 amide bonds. The second kappa shape index (κ2) is 10.2. The molecule has 2 saturated heterocycles. The largest absolute Gasteiger partial charge is 0.487 e. The molecule has 34 heavy (non-hydrogen) atoms. The molecule has 2 aliphatic rings. The van der Waals surface area contributed by atoms with Crippen LogP contribution >= 0.6 is 0 Å². The standard InChI is InChI=1S/C23H30F3N5O3/c1-23(2)7-5-16-11-15(6-8-31(16)23)28-20-17(24)13-27-22(30-20)29-14-3-4-18(33-10-9-32)19(12-14)34-21(25)26/h3-4,12-13,15-16,21,32H,5-11H2,1-2H3,(H2,27,28,29,30)/t15-,16-/m0/s1. The molecule has 2 aliphatic heterocycles. The Morgan fingerprint density at radius 2 is 2.09 bits per heavy atom. The van der Waals surface area contributed by atoms with Crippen molar-refractivity contribution in [3.05, 3.63) is 30.2 Å². The third kappa shape index (κ3) is 5.64. The Labute approximate surface area is 196 Å². The smallest absolute Gasteiger partial charge is 0.387 e. The van der Waals surface area contributed by atoms with Gasteiger partial charge in [0, 0.05) is 35.9 Å². The van der Waals surface area contributed by atoms with E-state index in [2.05, 4.69) is 44.1 Å². The van der Waals surface area contributed by atoms with Crippen LogP contribution in [0.4, 0.5) is 30.6 Å². The van der Waals surface area contributed by atoms with Gasteiger partial charge < -0.3 is 25.2 Å². The SMILES string of the molecule is CC1(C)CC[C@H]2C[C@@H](Nc3nc(Nc4ccc(OCCO)c(OC(F)F)c4)ncc3F)CCN21. The van der Waals surface area contributed by atoms with E-state index in [1.807, 2.05) is 0 Å². The van der Waals surface area contributed by atoms with Crippen LogP contribution in [0, 0.1) is 5.82 Å². The molecule has 8 nitrogen and oxygen atoms in total. The Morgan fingerprint density at radius 3 is 2.85 bits per heavy atom. The Balaban J connectivity index is 1.45. The first-order chi connectivity index (χ1) is 16.2. The van der Waals surface area contributed by atoms with E-state index in [0.717, 1.165) is 38.4 Å². The van der Waals surface area contributed by atoms with Crippen LogP contribution in [0.3, 0.4) is 0 Å². The fraction of sp³-hybridized carbons (Fsp3) is 0.565. The van der Waals surface area contributed by atoms with Gasteiger partial charge in [0.15, 0.2) is 23.1 Å². The molecule has 11 heteroatoms. The van der Waals surface area contributed by atoms with Gasteiger partial charge in [-0.15, -0.1) is 0 Å². The van der Waals surface area contributed by atoms with Crippen molar-refractivity contribution in [2.45, 2.75) is 63.8 Å². The topological polar surface area (TPSA) is 91.8 Å². The van der Waals surface area contributed by atoms with Crippen molar-refractivity contribution >= 4 is 17.5 Å². The summed E-state index contributed by atoms with van der Waals surface area (Å²) in [6, 6.07) is 4.86. The predicted molar refractivity (Wildman–Crippen MR) is 121 cm³/mol. The molecule has 2 fully saturated rings. The number of aromatic nitrogens is 2. The van der Waals surface area contributed by atoms with Gasteiger partial charge in [0.05, 0.1) is 12.8 Å². The van der Waals surface area contributed by atoms with Gasteiger partial charge in [-0.3, -0.25) is 4.90 Å². The van der Waals surface area contributed by atoms with Crippen LogP contribution in [-0.2, 0) is 0 Å². The summed E-state index contributed by atoms with van der Waals surface area (Å²) < 4.78 is 49.8. The lowest BCUT2D eigenvalue weighted by molar-refractivity contribution is -0.0515. The number of hydrogen-bond acceptors (Lipinski definition) is 8. The van der Waals surface area contributed by atoms with Gasteiger partial charge >= 0.3 is 6.61 Å². The van der Waals surface area contributed by atoms with Crippen LogP contribution < -0.4 is 20.1 Å². The Hall–Kier alpha value is -2.79. The minimum atomic E-state index is -3.05. The lowest BCUT2D eigenvalue weighted by atomic mass is 9.97. The van der Waals surface area contributed by atoms with Crippen molar-refractivity contribution in [3.8, 4) is 11.5 Å². The highest BCUT2D eigenvalue weighted by Crippen LogP contribution is 2.39. The average Bonchev–Trinajstić information content (AvgIpc) is 3.09. The first-order valence-electron chi connectivity index (χ1n) is 11.4. The summed E-state index contributed by atoms with van der Waals surface area (Å²) in [6.45, 7) is 2.09. The molecule has 0 unspecified atom stereocenters. The number of alkyl halides is 2. The molecule has 1 aromatic carbocycles. The van der Waals surface area contributed by atoms with Gasteiger partial charge in [-0.1, -0.05) is 0 Å². The minimum Gasteiger partial charge on any atom is -0.487 e. The van der Waals surface area contributed by atoms with Crippen LogP contribution in [0.2, 0.25) is 0 Å². The Bertz CT molecular complexity index is 994. The normalized spacial score (nSPS) is 21.9. The number of rotatable bonds is 9. The van der Waals surface area contributed by atoms with Crippen molar-refractivity contribution in [2.24, 2.45) is 0 Å². The quantitative estimate of drug-likeness (QED) is 0.492.